The first-order chi connectivity index (χ1) is 10.6. The Morgan fingerprint density at radius 2 is 2.05 bits per heavy atom. The lowest BCUT2D eigenvalue weighted by Gasteiger charge is -2.35. The smallest absolute Gasteiger partial charge is 0.331 e. The predicted molar refractivity (Wildman–Crippen MR) is 81.4 cm³/mol. The SMILES string of the molecule is COC(=O)C1(NC(=O)c2ccc3[nH]ncc3c2)CCCCC1. The number of aromatic amines is 1. The maximum absolute atomic E-state index is 12.6. The maximum atomic E-state index is 12.6. The lowest BCUT2D eigenvalue weighted by atomic mass is 9.81. The number of ether oxygens (including phenoxy) is 1. The van der Waals surface area contributed by atoms with Crippen LogP contribution in [-0.4, -0.2) is 34.7 Å². The third kappa shape index (κ3) is 2.56. The first-order valence-electron chi connectivity index (χ1n) is 7.49. The molecule has 0 radical (unpaired) electrons. The molecule has 1 fully saturated rings. The number of aromatic nitrogens is 2. The van der Waals surface area contributed by atoms with Crippen molar-refractivity contribution in [3.8, 4) is 0 Å². The Labute approximate surface area is 128 Å². The summed E-state index contributed by atoms with van der Waals surface area (Å²) in [5, 5.41) is 10.6. The Bertz CT molecular complexity index is 701. The molecule has 0 bridgehead atoms. The van der Waals surface area contributed by atoms with Crippen LogP contribution in [0.4, 0.5) is 0 Å². The fourth-order valence-electron chi connectivity index (χ4n) is 3.10. The van der Waals surface area contributed by atoms with Crippen LogP contribution < -0.4 is 5.32 Å². The molecule has 1 heterocycles. The fourth-order valence-corrected chi connectivity index (χ4v) is 3.10. The number of rotatable bonds is 3. The number of H-pyrrole nitrogens is 1. The number of carbonyl (C=O) groups excluding carboxylic acids is 2. The lowest BCUT2D eigenvalue weighted by Crippen LogP contribution is -2.56. The zero-order chi connectivity index (χ0) is 15.6. The van der Waals surface area contributed by atoms with Gasteiger partial charge in [-0.1, -0.05) is 19.3 Å². The van der Waals surface area contributed by atoms with Gasteiger partial charge < -0.3 is 10.1 Å². The Morgan fingerprint density at radius 3 is 2.77 bits per heavy atom. The number of nitrogens with one attached hydrogen (secondary N) is 2. The minimum absolute atomic E-state index is 0.254. The van der Waals surface area contributed by atoms with Gasteiger partial charge in [0.1, 0.15) is 5.54 Å². The van der Waals surface area contributed by atoms with E-state index in [2.05, 4.69) is 15.5 Å². The van der Waals surface area contributed by atoms with Crippen LogP contribution in [0.15, 0.2) is 24.4 Å². The van der Waals surface area contributed by atoms with Crippen molar-refractivity contribution in [1.82, 2.24) is 15.5 Å². The van der Waals surface area contributed by atoms with E-state index in [0.717, 1.165) is 30.2 Å². The Kier molecular flexibility index (Phi) is 3.83. The summed E-state index contributed by atoms with van der Waals surface area (Å²) in [5.74, 6) is -0.611. The normalized spacial score (nSPS) is 17.1. The number of hydrogen-bond donors (Lipinski definition) is 2. The molecule has 6 nitrogen and oxygen atoms in total. The van der Waals surface area contributed by atoms with E-state index in [1.807, 2.05) is 6.07 Å². The van der Waals surface area contributed by atoms with Crippen LogP contribution in [0.2, 0.25) is 0 Å². The molecule has 0 aliphatic heterocycles. The van der Waals surface area contributed by atoms with E-state index >= 15 is 0 Å². The van der Waals surface area contributed by atoms with Crippen molar-refractivity contribution in [2.24, 2.45) is 0 Å². The Hall–Kier alpha value is -2.37. The molecule has 2 N–H and O–H groups in total. The van der Waals surface area contributed by atoms with Gasteiger partial charge in [-0.3, -0.25) is 9.89 Å². The number of carbonyl (C=O) groups is 2. The predicted octanol–water partition coefficient (Wildman–Crippen LogP) is 2.17. The highest BCUT2D eigenvalue weighted by Crippen LogP contribution is 2.30. The molecule has 0 spiro atoms. The van der Waals surface area contributed by atoms with Crippen LogP contribution >= 0.6 is 0 Å². The molecule has 2 aromatic rings. The minimum atomic E-state index is -0.893. The molecule has 0 atom stereocenters. The van der Waals surface area contributed by atoms with Crippen LogP contribution in [0.1, 0.15) is 42.5 Å². The Balaban J connectivity index is 1.85. The van der Waals surface area contributed by atoms with Crippen LogP contribution in [0.5, 0.6) is 0 Å². The molecule has 0 saturated heterocycles. The molecule has 3 rings (SSSR count). The highest BCUT2D eigenvalue weighted by Gasteiger charge is 2.42. The highest BCUT2D eigenvalue weighted by molar-refractivity contribution is 6.00. The molecule has 1 amide bonds. The Morgan fingerprint density at radius 1 is 1.27 bits per heavy atom. The molecule has 1 aromatic heterocycles. The van der Waals surface area contributed by atoms with Gasteiger partial charge in [0.25, 0.3) is 5.91 Å². The van der Waals surface area contributed by atoms with Crippen molar-refractivity contribution >= 4 is 22.8 Å². The average Bonchev–Trinajstić information content (AvgIpc) is 3.02. The second-order valence-electron chi connectivity index (χ2n) is 5.76. The van der Waals surface area contributed by atoms with Crippen molar-refractivity contribution < 1.29 is 14.3 Å². The van der Waals surface area contributed by atoms with Gasteiger partial charge >= 0.3 is 5.97 Å². The third-order valence-electron chi connectivity index (χ3n) is 4.34. The van der Waals surface area contributed by atoms with E-state index in [4.69, 9.17) is 4.74 Å². The lowest BCUT2D eigenvalue weighted by molar-refractivity contribution is -0.149. The molecule has 1 aromatic carbocycles. The van der Waals surface area contributed by atoms with Gasteiger partial charge in [-0.05, 0) is 31.0 Å². The number of fused-ring (bicyclic) bond motifs is 1. The van der Waals surface area contributed by atoms with Crippen LogP contribution in [0, 0.1) is 0 Å². The van der Waals surface area contributed by atoms with Crippen molar-refractivity contribution in [2.75, 3.05) is 7.11 Å². The summed E-state index contributed by atoms with van der Waals surface area (Å²) >= 11 is 0. The fraction of sp³-hybridized carbons (Fsp3) is 0.438. The molecule has 0 unspecified atom stereocenters. The second-order valence-corrected chi connectivity index (χ2v) is 5.76. The first-order valence-corrected chi connectivity index (χ1v) is 7.49. The number of amides is 1. The molecule has 6 heteroatoms. The van der Waals surface area contributed by atoms with Crippen molar-refractivity contribution in [2.45, 2.75) is 37.6 Å². The third-order valence-corrected chi connectivity index (χ3v) is 4.34. The summed E-state index contributed by atoms with van der Waals surface area (Å²) in [5.41, 5.74) is 0.495. The standard InChI is InChI=1S/C16H19N3O3/c1-22-15(21)16(7-3-2-4-8-16)18-14(20)11-5-6-13-12(9-11)10-17-19-13/h5-6,9-10H,2-4,7-8H2,1H3,(H,17,19)(H,18,20). The van der Waals surface area contributed by atoms with Crippen molar-refractivity contribution in [3.05, 3.63) is 30.0 Å². The van der Waals surface area contributed by atoms with E-state index in [1.165, 1.54) is 7.11 Å². The zero-order valence-corrected chi connectivity index (χ0v) is 12.5. The van der Waals surface area contributed by atoms with Gasteiger partial charge in [-0.15, -0.1) is 0 Å². The zero-order valence-electron chi connectivity index (χ0n) is 12.5. The average molecular weight is 301 g/mol. The van der Waals surface area contributed by atoms with Crippen LogP contribution in [0.3, 0.4) is 0 Å². The van der Waals surface area contributed by atoms with Gasteiger partial charge in [-0.2, -0.15) is 5.10 Å². The van der Waals surface area contributed by atoms with E-state index in [1.54, 1.807) is 18.3 Å². The van der Waals surface area contributed by atoms with E-state index < -0.39 is 5.54 Å². The number of benzene rings is 1. The second kappa shape index (κ2) is 5.79. The number of esters is 1. The highest BCUT2D eigenvalue weighted by atomic mass is 16.5. The first kappa shape index (κ1) is 14.6. The number of nitrogens with zero attached hydrogens (tertiary/aromatic N) is 1. The molecule has 1 aliphatic carbocycles. The van der Waals surface area contributed by atoms with E-state index in [0.29, 0.717) is 18.4 Å². The van der Waals surface area contributed by atoms with Crippen molar-refractivity contribution in [1.29, 1.82) is 0 Å². The summed E-state index contributed by atoms with van der Waals surface area (Å²) < 4.78 is 4.92. The molecule has 22 heavy (non-hydrogen) atoms. The molecule has 116 valence electrons. The summed E-state index contributed by atoms with van der Waals surface area (Å²) in [6.45, 7) is 0. The molecular weight excluding hydrogens is 282 g/mol. The molecule has 1 aliphatic rings. The molecular formula is C16H19N3O3. The summed E-state index contributed by atoms with van der Waals surface area (Å²) in [7, 11) is 1.36. The number of hydrogen-bond acceptors (Lipinski definition) is 4. The number of methoxy groups -OCH3 is 1. The summed E-state index contributed by atoms with van der Waals surface area (Å²) in [6.07, 6.45) is 5.82. The maximum Gasteiger partial charge on any atom is 0.331 e. The largest absolute Gasteiger partial charge is 0.467 e. The minimum Gasteiger partial charge on any atom is -0.467 e. The van der Waals surface area contributed by atoms with Crippen LogP contribution in [0.25, 0.3) is 10.9 Å². The van der Waals surface area contributed by atoms with E-state index in [9.17, 15) is 9.59 Å². The van der Waals surface area contributed by atoms with E-state index in [-0.39, 0.29) is 11.9 Å². The monoisotopic (exact) mass is 301 g/mol. The van der Waals surface area contributed by atoms with Gasteiger partial charge in [0.15, 0.2) is 0 Å². The van der Waals surface area contributed by atoms with Crippen molar-refractivity contribution in [3.63, 3.8) is 0 Å². The van der Waals surface area contributed by atoms with Gasteiger partial charge in [0.05, 0.1) is 18.8 Å². The van der Waals surface area contributed by atoms with Crippen LogP contribution in [-0.2, 0) is 9.53 Å². The van der Waals surface area contributed by atoms with Gasteiger partial charge in [0, 0.05) is 10.9 Å². The molecule has 1 saturated carbocycles. The quantitative estimate of drug-likeness (QED) is 0.851. The van der Waals surface area contributed by atoms with Gasteiger partial charge in [0.2, 0.25) is 0 Å². The van der Waals surface area contributed by atoms with Gasteiger partial charge in [-0.25, -0.2) is 4.79 Å². The summed E-state index contributed by atoms with van der Waals surface area (Å²) in [6, 6.07) is 5.30. The summed E-state index contributed by atoms with van der Waals surface area (Å²) in [4.78, 5) is 24.7. The topological polar surface area (TPSA) is 84.1 Å².